The molecule has 0 aliphatic heterocycles. The molecular formula is C8H7BBrF3O3. The fourth-order valence-electron chi connectivity index (χ4n) is 1.15. The molecule has 0 heterocycles. The van der Waals surface area contributed by atoms with Crippen molar-refractivity contribution in [2.75, 3.05) is 0 Å². The van der Waals surface area contributed by atoms with Crippen molar-refractivity contribution < 1.29 is 28.0 Å². The zero-order valence-corrected chi connectivity index (χ0v) is 9.42. The van der Waals surface area contributed by atoms with E-state index >= 15 is 0 Å². The molecule has 0 aliphatic carbocycles. The van der Waals surface area contributed by atoms with Crippen LogP contribution in [0.3, 0.4) is 0 Å². The van der Waals surface area contributed by atoms with Crippen LogP contribution >= 0.6 is 15.9 Å². The van der Waals surface area contributed by atoms with Crippen molar-refractivity contribution in [3.63, 3.8) is 0 Å². The van der Waals surface area contributed by atoms with Crippen molar-refractivity contribution in [3.05, 3.63) is 23.8 Å². The first-order chi connectivity index (χ1) is 7.33. The van der Waals surface area contributed by atoms with Gasteiger partial charge in [0.25, 0.3) is 0 Å². The first kappa shape index (κ1) is 13.3. The molecule has 8 heteroatoms. The van der Waals surface area contributed by atoms with E-state index < -0.39 is 19.2 Å². The summed E-state index contributed by atoms with van der Waals surface area (Å²) >= 11 is 3.03. The van der Waals surface area contributed by atoms with Gasteiger partial charge in [-0.2, -0.15) is 0 Å². The molecule has 0 unspecified atom stereocenters. The van der Waals surface area contributed by atoms with Crippen LogP contribution in [-0.4, -0.2) is 23.5 Å². The highest BCUT2D eigenvalue weighted by molar-refractivity contribution is 9.08. The van der Waals surface area contributed by atoms with Crippen molar-refractivity contribution >= 4 is 28.5 Å². The molecule has 0 bridgehead atoms. The molecule has 0 radical (unpaired) electrons. The summed E-state index contributed by atoms with van der Waals surface area (Å²) in [6.45, 7) is 0. The molecule has 16 heavy (non-hydrogen) atoms. The fourth-order valence-corrected chi connectivity index (χ4v) is 1.63. The fraction of sp³-hybridized carbons (Fsp3) is 0.250. The Hall–Kier alpha value is -0.725. The van der Waals surface area contributed by atoms with Crippen molar-refractivity contribution in [3.8, 4) is 5.75 Å². The summed E-state index contributed by atoms with van der Waals surface area (Å²) in [5.74, 6) is -0.397. The molecule has 1 aromatic rings. The second kappa shape index (κ2) is 5.07. The molecular weight excluding hydrogens is 292 g/mol. The van der Waals surface area contributed by atoms with Gasteiger partial charge < -0.3 is 14.8 Å². The monoisotopic (exact) mass is 298 g/mol. The standard InChI is InChI=1S/C8H7BBrF3O3/c10-4-5-3-6(16-8(11,12)13)1-2-7(5)9(14)15/h1-3,14-15H,4H2. The van der Waals surface area contributed by atoms with Crippen LogP contribution in [0.25, 0.3) is 0 Å². The lowest BCUT2D eigenvalue weighted by Crippen LogP contribution is -2.32. The van der Waals surface area contributed by atoms with Crippen molar-refractivity contribution in [2.45, 2.75) is 11.7 Å². The van der Waals surface area contributed by atoms with E-state index in [1.165, 1.54) is 6.07 Å². The van der Waals surface area contributed by atoms with Crippen molar-refractivity contribution in [1.82, 2.24) is 0 Å². The average molecular weight is 299 g/mol. The molecule has 0 saturated heterocycles. The van der Waals surface area contributed by atoms with Crippen molar-refractivity contribution in [1.29, 1.82) is 0 Å². The molecule has 1 aromatic carbocycles. The summed E-state index contributed by atoms with van der Waals surface area (Å²) in [6, 6.07) is 3.29. The zero-order chi connectivity index (χ0) is 12.3. The first-order valence-corrected chi connectivity index (χ1v) is 5.26. The Bertz CT molecular complexity index is 370. The number of rotatable bonds is 3. The minimum absolute atomic E-state index is 0.131. The second-order valence-electron chi connectivity index (χ2n) is 2.92. The predicted molar refractivity (Wildman–Crippen MR) is 55.6 cm³/mol. The normalized spacial score (nSPS) is 11.4. The summed E-state index contributed by atoms with van der Waals surface area (Å²) in [4.78, 5) is 0. The van der Waals surface area contributed by atoms with Crippen molar-refractivity contribution in [2.24, 2.45) is 0 Å². The predicted octanol–water partition coefficient (Wildman–Crippen LogP) is 1.16. The van der Waals surface area contributed by atoms with Gasteiger partial charge in [0.1, 0.15) is 5.75 Å². The van der Waals surface area contributed by atoms with Crippen LogP contribution < -0.4 is 10.2 Å². The van der Waals surface area contributed by atoms with Crippen LogP contribution in [0.15, 0.2) is 18.2 Å². The maximum absolute atomic E-state index is 11.9. The van der Waals surface area contributed by atoms with E-state index in [9.17, 15) is 13.2 Å². The van der Waals surface area contributed by atoms with Gasteiger partial charge in [-0.15, -0.1) is 13.2 Å². The van der Waals surface area contributed by atoms with E-state index in [1.54, 1.807) is 0 Å². The highest BCUT2D eigenvalue weighted by atomic mass is 79.9. The lowest BCUT2D eigenvalue weighted by molar-refractivity contribution is -0.274. The van der Waals surface area contributed by atoms with E-state index in [0.717, 1.165) is 12.1 Å². The lowest BCUT2D eigenvalue weighted by Gasteiger charge is -2.12. The molecule has 2 N–H and O–H groups in total. The van der Waals surface area contributed by atoms with Crippen LogP contribution in [0, 0.1) is 0 Å². The summed E-state index contributed by atoms with van der Waals surface area (Å²) in [5, 5.41) is 18.1. The maximum atomic E-state index is 11.9. The molecule has 0 fully saturated rings. The largest absolute Gasteiger partial charge is 0.573 e. The molecule has 0 spiro atoms. The van der Waals surface area contributed by atoms with E-state index in [2.05, 4.69) is 20.7 Å². The Kier molecular flexibility index (Phi) is 4.23. The average Bonchev–Trinajstić information content (AvgIpc) is 2.14. The summed E-state index contributed by atoms with van der Waals surface area (Å²) in [5.41, 5.74) is 0.447. The van der Waals surface area contributed by atoms with Gasteiger partial charge in [0.15, 0.2) is 0 Å². The topological polar surface area (TPSA) is 49.7 Å². The lowest BCUT2D eigenvalue weighted by atomic mass is 9.77. The summed E-state index contributed by atoms with van der Waals surface area (Å²) in [6.07, 6.45) is -4.76. The number of hydrogen-bond acceptors (Lipinski definition) is 3. The van der Waals surface area contributed by atoms with Gasteiger partial charge in [0, 0.05) is 5.33 Å². The van der Waals surface area contributed by atoms with E-state index in [4.69, 9.17) is 10.0 Å². The summed E-state index contributed by atoms with van der Waals surface area (Å²) in [7, 11) is -1.73. The Labute approximate surface area is 98.1 Å². The number of benzene rings is 1. The molecule has 0 atom stereocenters. The Balaban J connectivity index is 3.00. The van der Waals surface area contributed by atoms with Gasteiger partial charge in [-0.3, -0.25) is 0 Å². The maximum Gasteiger partial charge on any atom is 0.573 e. The summed E-state index contributed by atoms with van der Waals surface area (Å²) < 4.78 is 39.4. The van der Waals surface area contributed by atoms with Gasteiger partial charge in [0.2, 0.25) is 0 Å². The smallest absolute Gasteiger partial charge is 0.423 e. The Morgan fingerprint density at radius 3 is 2.38 bits per heavy atom. The molecule has 0 amide bonds. The Morgan fingerprint density at radius 1 is 1.31 bits per heavy atom. The third-order valence-corrected chi connectivity index (χ3v) is 2.37. The third-order valence-electron chi connectivity index (χ3n) is 1.77. The highest BCUT2D eigenvalue weighted by Crippen LogP contribution is 2.23. The second-order valence-corrected chi connectivity index (χ2v) is 3.48. The van der Waals surface area contributed by atoms with Gasteiger partial charge in [-0.1, -0.05) is 22.0 Å². The number of alkyl halides is 4. The van der Waals surface area contributed by atoms with Gasteiger partial charge in [0.05, 0.1) is 0 Å². The molecule has 0 saturated carbocycles. The SMILES string of the molecule is OB(O)c1ccc(OC(F)(F)F)cc1CBr. The first-order valence-electron chi connectivity index (χ1n) is 4.14. The number of halogens is 4. The molecule has 0 aliphatic rings. The zero-order valence-electron chi connectivity index (χ0n) is 7.83. The molecule has 0 aromatic heterocycles. The van der Waals surface area contributed by atoms with Crippen LogP contribution in [0.4, 0.5) is 13.2 Å². The Morgan fingerprint density at radius 2 is 1.94 bits per heavy atom. The van der Waals surface area contributed by atoms with Crippen LogP contribution in [0.5, 0.6) is 5.75 Å². The minimum atomic E-state index is -4.76. The van der Waals surface area contributed by atoms with Crippen LogP contribution in [-0.2, 0) is 5.33 Å². The molecule has 1 rings (SSSR count). The number of ether oxygens (including phenoxy) is 1. The number of hydrogen-bond donors (Lipinski definition) is 2. The van der Waals surface area contributed by atoms with Gasteiger partial charge in [-0.05, 0) is 23.2 Å². The minimum Gasteiger partial charge on any atom is -0.423 e. The highest BCUT2D eigenvalue weighted by Gasteiger charge is 2.31. The van der Waals surface area contributed by atoms with Gasteiger partial charge in [-0.25, -0.2) is 0 Å². The molecule has 88 valence electrons. The van der Waals surface area contributed by atoms with Crippen LogP contribution in [0.2, 0.25) is 0 Å². The van der Waals surface area contributed by atoms with E-state index in [0.29, 0.717) is 5.56 Å². The third kappa shape index (κ3) is 3.69. The quantitative estimate of drug-likeness (QED) is 0.650. The molecule has 3 nitrogen and oxygen atoms in total. The van der Waals surface area contributed by atoms with Gasteiger partial charge >= 0.3 is 13.5 Å². The van der Waals surface area contributed by atoms with E-state index in [1.807, 2.05) is 0 Å². The van der Waals surface area contributed by atoms with Crippen LogP contribution in [0.1, 0.15) is 5.56 Å². The van der Waals surface area contributed by atoms with E-state index in [-0.39, 0.29) is 10.8 Å².